The number of halogens is 1. The number of nitrogens with one attached hydrogen (secondary N) is 1. The van der Waals surface area contributed by atoms with Gasteiger partial charge in [-0.3, -0.25) is 0 Å². The highest BCUT2D eigenvalue weighted by atomic mass is 19.1. The molecule has 1 unspecified atom stereocenters. The third-order valence-corrected chi connectivity index (χ3v) is 3.13. The van der Waals surface area contributed by atoms with Gasteiger partial charge in [0.2, 0.25) is 0 Å². The van der Waals surface area contributed by atoms with Gasteiger partial charge < -0.3 is 5.32 Å². The van der Waals surface area contributed by atoms with E-state index in [1.165, 1.54) is 25.7 Å². The van der Waals surface area contributed by atoms with Gasteiger partial charge in [-0.15, -0.1) is 0 Å². The van der Waals surface area contributed by atoms with Crippen LogP contribution in [0.3, 0.4) is 0 Å². The van der Waals surface area contributed by atoms with Gasteiger partial charge in [0.1, 0.15) is 5.82 Å². The molecule has 0 saturated heterocycles. The molecule has 0 aliphatic rings. The molecule has 17 heavy (non-hydrogen) atoms. The normalized spacial score (nSPS) is 12.7. The molecule has 1 N–H and O–H groups in total. The third-order valence-electron chi connectivity index (χ3n) is 3.13. The number of rotatable bonds is 7. The minimum absolute atomic E-state index is 0.108. The second-order valence-corrected chi connectivity index (χ2v) is 4.86. The molecule has 1 aromatic rings. The first kappa shape index (κ1) is 14.2. The van der Waals surface area contributed by atoms with Crippen LogP contribution in [0.15, 0.2) is 18.2 Å². The maximum Gasteiger partial charge on any atom is 0.126 e. The van der Waals surface area contributed by atoms with Crippen LogP contribution in [0.25, 0.3) is 0 Å². The lowest BCUT2D eigenvalue weighted by atomic mass is 10.1. The summed E-state index contributed by atoms with van der Waals surface area (Å²) in [4.78, 5) is 0. The zero-order chi connectivity index (χ0) is 12.7. The Morgan fingerprint density at radius 2 is 2.06 bits per heavy atom. The van der Waals surface area contributed by atoms with E-state index in [2.05, 4.69) is 19.2 Å². The molecular formula is C15H24FN. The van der Waals surface area contributed by atoms with Crippen molar-refractivity contribution >= 4 is 0 Å². The van der Waals surface area contributed by atoms with E-state index in [1.807, 2.05) is 12.1 Å². The summed E-state index contributed by atoms with van der Waals surface area (Å²) in [7, 11) is 0. The highest BCUT2D eigenvalue weighted by molar-refractivity contribution is 5.23. The maximum absolute atomic E-state index is 13.3. The van der Waals surface area contributed by atoms with Gasteiger partial charge in [-0.05, 0) is 37.5 Å². The Bertz CT molecular complexity index is 336. The van der Waals surface area contributed by atoms with Crippen LogP contribution >= 0.6 is 0 Å². The smallest absolute Gasteiger partial charge is 0.126 e. The van der Waals surface area contributed by atoms with Crippen molar-refractivity contribution in [3.8, 4) is 0 Å². The summed E-state index contributed by atoms with van der Waals surface area (Å²) in [6, 6.07) is 5.96. The first-order valence-corrected chi connectivity index (χ1v) is 6.62. The molecule has 0 aliphatic heterocycles. The minimum Gasteiger partial charge on any atom is -0.310 e. The second-order valence-electron chi connectivity index (χ2n) is 4.86. The lowest BCUT2D eigenvalue weighted by Crippen LogP contribution is -2.25. The SMILES string of the molecule is CCCCCC(C)NCc1ccc(C)c(F)c1. The molecule has 0 radical (unpaired) electrons. The van der Waals surface area contributed by atoms with E-state index in [4.69, 9.17) is 0 Å². The summed E-state index contributed by atoms with van der Waals surface area (Å²) in [5.74, 6) is -0.108. The van der Waals surface area contributed by atoms with Gasteiger partial charge in [-0.25, -0.2) is 4.39 Å². The van der Waals surface area contributed by atoms with E-state index >= 15 is 0 Å². The lowest BCUT2D eigenvalue weighted by Gasteiger charge is -2.13. The molecule has 1 rings (SSSR count). The number of hydrogen-bond donors (Lipinski definition) is 1. The summed E-state index contributed by atoms with van der Waals surface area (Å²) in [5.41, 5.74) is 1.74. The zero-order valence-electron chi connectivity index (χ0n) is 11.2. The first-order chi connectivity index (χ1) is 8.13. The molecule has 1 aromatic carbocycles. The molecule has 1 nitrogen and oxygen atoms in total. The van der Waals surface area contributed by atoms with Crippen LogP contribution < -0.4 is 5.32 Å². The summed E-state index contributed by atoms with van der Waals surface area (Å²) in [5, 5.41) is 3.44. The average molecular weight is 237 g/mol. The molecule has 0 spiro atoms. The van der Waals surface area contributed by atoms with E-state index in [-0.39, 0.29) is 5.82 Å². The minimum atomic E-state index is -0.108. The predicted molar refractivity (Wildman–Crippen MR) is 71.6 cm³/mol. The lowest BCUT2D eigenvalue weighted by molar-refractivity contribution is 0.486. The second kappa shape index (κ2) is 7.44. The fraction of sp³-hybridized carbons (Fsp3) is 0.600. The van der Waals surface area contributed by atoms with Crippen LogP contribution in [0, 0.1) is 12.7 Å². The molecule has 0 saturated carbocycles. The molecule has 0 aliphatic carbocycles. The van der Waals surface area contributed by atoms with Crippen molar-refractivity contribution in [2.24, 2.45) is 0 Å². The van der Waals surface area contributed by atoms with Crippen LogP contribution in [0.1, 0.15) is 50.7 Å². The largest absolute Gasteiger partial charge is 0.310 e. The topological polar surface area (TPSA) is 12.0 Å². The number of hydrogen-bond acceptors (Lipinski definition) is 1. The van der Waals surface area contributed by atoms with Gasteiger partial charge in [0, 0.05) is 12.6 Å². The number of aryl methyl sites for hydroxylation is 1. The molecule has 1 atom stereocenters. The fourth-order valence-corrected chi connectivity index (χ4v) is 1.84. The molecule has 0 aromatic heterocycles. The van der Waals surface area contributed by atoms with E-state index in [9.17, 15) is 4.39 Å². The van der Waals surface area contributed by atoms with Crippen molar-refractivity contribution in [2.45, 2.75) is 59.0 Å². The summed E-state index contributed by atoms with van der Waals surface area (Å²) < 4.78 is 13.3. The Kier molecular flexibility index (Phi) is 6.20. The highest BCUT2D eigenvalue weighted by Crippen LogP contribution is 2.10. The van der Waals surface area contributed by atoms with E-state index in [0.29, 0.717) is 11.6 Å². The summed E-state index contributed by atoms with van der Waals surface area (Å²) in [6.07, 6.45) is 5.02. The van der Waals surface area contributed by atoms with Crippen molar-refractivity contribution in [1.29, 1.82) is 0 Å². The van der Waals surface area contributed by atoms with Crippen LogP contribution in [-0.2, 0) is 6.54 Å². The van der Waals surface area contributed by atoms with E-state index in [1.54, 1.807) is 13.0 Å². The first-order valence-electron chi connectivity index (χ1n) is 6.62. The molecule has 0 bridgehead atoms. The van der Waals surface area contributed by atoms with Crippen LogP contribution in [0.4, 0.5) is 4.39 Å². The van der Waals surface area contributed by atoms with E-state index in [0.717, 1.165) is 12.1 Å². The van der Waals surface area contributed by atoms with Crippen molar-refractivity contribution < 1.29 is 4.39 Å². The zero-order valence-corrected chi connectivity index (χ0v) is 11.2. The number of unbranched alkanes of at least 4 members (excludes halogenated alkanes) is 2. The molecule has 96 valence electrons. The summed E-state index contributed by atoms with van der Waals surface area (Å²) >= 11 is 0. The summed E-state index contributed by atoms with van der Waals surface area (Å²) in [6.45, 7) is 6.96. The van der Waals surface area contributed by atoms with Gasteiger partial charge in [0.25, 0.3) is 0 Å². The fourth-order valence-electron chi connectivity index (χ4n) is 1.84. The van der Waals surface area contributed by atoms with Crippen molar-refractivity contribution in [3.05, 3.63) is 35.1 Å². The van der Waals surface area contributed by atoms with E-state index < -0.39 is 0 Å². The monoisotopic (exact) mass is 237 g/mol. The van der Waals surface area contributed by atoms with Crippen molar-refractivity contribution in [1.82, 2.24) is 5.32 Å². The van der Waals surface area contributed by atoms with Crippen LogP contribution in [-0.4, -0.2) is 6.04 Å². The Morgan fingerprint density at radius 1 is 1.29 bits per heavy atom. The molecule has 0 heterocycles. The standard InChI is InChI=1S/C15H24FN/c1-4-5-6-7-13(3)17-11-14-9-8-12(2)15(16)10-14/h8-10,13,17H,4-7,11H2,1-3H3. The molecule has 0 fully saturated rings. The quantitative estimate of drug-likeness (QED) is 0.701. The van der Waals surface area contributed by atoms with Gasteiger partial charge in [0.15, 0.2) is 0 Å². The third kappa shape index (κ3) is 5.31. The molecule has 2 heteroatoms. The Balaban J connectivity index is 2.31. The Labute approximate surface area is 104 Å². The van der Waals surface area contributed by atoms with Gasteiger partial charge in [-0.2, -0.15) is 0 Å². The van der Waals surface area contributed by atoms with Crippen molar-refractivity contribution in [2.75, 3.05) is 0 Å². The van der Waals surface area contributed by atoms with Crippen LogP contribution in [0.2, 0.25) is 0 Å². The van der Waals surface area contributed by atoms with Crippen molar-refractivity contribution in [3.63, 3.8) is 0 Å². The highest BCUT2D eigenvalue weighted by Gasteiger charge is 2.03. The van der Waals surface area contributed by atoms with Gasteiger partial charge >= 0.3 is 0 Å². The number of benzene rings is 1. The molecule has 0 amide bonds. The van der Waals surface area contributed by atoms with Gasteiger partial charge in [0.05, 0.1) is 0 Å². The maximum atomic E-state index is 13.3. The molecular weight excluding hydrogens is 213 g/mol. The predicted octanol–water partition coefficient (Wildman–Crippen LogP) is 4.19. The average Bonchev–Trinajstić information content (AvgIpc) is 2.31. The van der Waals surface area contributed by atoms with Crippen LogP contribution in [0.5, 0.6) is 0 Å². The Hall–Kier alpha value is -0.890. The Morgan fingerprint density at radius 3 is 2.71 bits per heavy atom. The van der Waals surface area contributed by atoms with Gasteiger partial charge in [-0.1, -0.05) is 38.3 Å².